The Morgan fingerprint density at radius 1 is 1.29 bits per heavy atom. The molecule has 0 amide bonds. The van der Waals surface area contributed by atoms with Crippen LogP contribution in [0.4, 0.5) is 0 Å². The Morgan fingerprint density at radius 3 is 2.47 bits per heavy atom. The van der Waals surface area contributed by atoms with E-state index in [2.05, 4.69) is 15.0 Å². The second-order valence-electron chi connectivity index (χ2n) is 3.35. The van der Waals surface area contributed by atoms with Crippen LogP contribution < -0.4 is 15.8 Å². The molecule has 0 aliphatic carbocycles. The maximum Gasteiger partial charge on any atom is 0.211 e. The smallest absolute Gasteiger partial charge is 0.211 e. The molecule has 0 rings (SSSR count). The third kappa shape index (κ3) is 12.2. The highest BCUT2D eigenvalue weighted by Crippen LogP contribution is 1.83. The van der Waals surface area contributed by atoms with E-state index in [1.165, 1.54) is 0 Å². The van der Waals surface area contributed by atoms with Gasteiger partial charge in [0.15, 0.2) is 5.96 Å². The highest BCUT2D eigenvalue weighted by Gasteiger charge is 2.03. The fourth-order valence-corrected chi connectivity index (χ4v) is 1.58. The summed E-state index contributed by atoms with van der Waals surface area (Å²) in [6, 6.07) is 0. The molecule has 0 aromatic heterocycles. The van der Waals surface area contributed by atoms with Crippen LogP contribution in [0, 0.1) is 0 Å². The summed E-state index contributed by atoms with van der Waals surface area (Å²) in [4.78, 5) is 4.05. The normalized spacial score (nSPS) is 12.0. The average molecular weight is 378 g/mol. The van der Waals surface area contributed by atoms with Crippen molar-refractivity contribution in [2.45, 2.75) is 26.7 Å². The Morgan fingerprint density at radius 2 is 1.94 bits per heavy atom. The number of nitrogens with two attached hydrogens (primary N) is 1. The van der Waals surface area contributed by atoms with Crippen molar-refractivity contribution in [1.29, 1.82) is 0 Å². The monoisotopic (exact) mass is 378 g/mol. The molecule has 0 aliphatic rings. The molecule has 0 saturated heterocycles. The SMILES string of the molecule is CCCN=C(N)NCCCNS(=O)(=O)CC.I. The van der Waals surface area contributed by atoms with Gasteiger partial charge in [-0.05, 0) is 19.8 Å². The van der Waals surface area contributed by atoms with Crippen LogP contribution in [0.15, 0.2) is 4.99 Å². The van der Waals surface area contributed by atoms with Crippen molar-refractivity contribution in [2.24, 2.45) is 10.7 Å². The maximum absolute atomic E-state index is 11.1. The molecule has 0 aromatic rings. The maximum atomic E-state index is 11.1. The van der Waals surface area contributed by atoms with Crippen molar-refractivity contribution in [2.75, 3.05) is 25.4 Å². The highest BCUT2D eigenvalue weighted by molar-refractivity contribution is 14.0. The van der Waals surface area contributed by atoms with Gasteiger partial charge in [-0.2, -0.15) is 0 Å². The van der Waals surface area contributed by atoms with E-state index in [4.69, 9.17) is 5.73 Å². The first-order valence-electron chi connectivity index (χ1n) is 5.53. The summed E-state index contributed by atoms with van der Waals surface area (Å²) in [5, 5.41) is 2.91. The minimum absolute atomic E-state index is 0. The van der Waals surface area contributed by atoms with Gasteiger partial charge < -0.3 is 11.1 Å². The van der Waals surface area contributed by atoms with Crippen molar-refractivity contribution >= 4 is 40.0 Å². The number of rotatable bonds is 8. The molecule has 0 bridgehead atoms. The van der Waals surface area contributed by atoms with Gasteiger partial charge in [0.05, 0.1) is 5.75 Å². The number of halogens is 1. The Labute approximate surface area is 121 Å². The van der Waals surface area contributed by atoms with Gasteiger partial charge in [-0.15, -0.1) is 24.0 Å². The molecule has 0 aromatic carbocycles. The van der Waals surface area contributed by atoms with Gasteiger partial charge >= 0.3 is 0 Å². The molecule has 0 heterocycles. The molecule has 0 saturated carbocycles. The number of nitrogens with zero attached hydrogens (tertiary/aromatic N) is 1. The van der Waals surface area contributed by atoms with Crippen LogP contribution in [0.2, 0.25) is 0 Å². The third-order valence-electron chi connectivity index (χ3n) is 1.87. The molecule has 0 spiro atoms. The quantitative estimate of drug-likeness (QED) is 0.244. The van der Waals surface area contributed by atoms with Gasteiger partial charge in [0, 0.05) is 19.6 Å². The molecule has 4 N–H and O–H groups in total. The number of nitrogens with one attached hydrogen (secondary N) is 2. The van der Waals surface area contributed by atoms with Gasteiger partial charge in [-0.1, -0.05) is 6.92 Å². The van der Waals surface area contributed by atoms with E-state index in [0.717, 1.165) is 6.42 Å². The number of aliphatic imine (C=N–C) groups is 1. The standard InChI is InChI=1S/C9H22N4O2S.HI/c1-3-6-11-9(10)12-7-5-8-13-16(14,15)4-2;/h13H,3-8H2,1-2H3,(H3,10,11,12);1H. The van der Waals surface area contributed by atoms with Crippen molar-refractivity contribution in [3.05, 3.63) is 0 Å². The Kier molecular flexibility index (Phi) is 12.5. The summed E-state index contributed by atoms with van der Waals surface area (Å²) in [5.41, 5.74) is 5.55. The fraction of sp³-hybridized carbons (Fsp3) is 0.889. The highest BCUT2D eigenvalue weighted by atomic mass is 127. The number of sulfonamides is 1. The van der Waals surface area contributed by atoms with Gasteiger partial charge in [-0.25, -0.2) is 13.1 Å². The third-order valence-corrected chi connectivity index (χ3v) is 3.27. The van der Waals surface area contributed by atoms with Crippen LogP contribution >= 0.6 is 24.0 Å². The molecule has 0 atom stereocenters. The summed E-state index contributed by atoms with van der Waals surface area (Å²) in [5.74, 6) is 0.528. The van der Waals surface area contributed by atoms with Crippen molar-refractivity contribution in [3.8, 4) is 0 Å². The Balaban J connectivity index is 0. The fourth-order valence-electron chi connectivity index (χ4n) is 0.923. The first-order valence-corrected chi connectivity index (χ1v) is 7.18. The van der Waals surface area contributed by atoms with E-state index in [1.54, 1.807) is 6.92 Å². The topological polar surface area (TPSA) is 96.6 Å². The predicted molar refractivity (Wildman–Crippen MR) is 82.3 cm³/mol. The van der Waals surface area contributed by atoms with Gasteiger partial charge in [0.1, 0.15) is 0 Å². The lowest BCUT2D eigenvalue weighted by atomic mass is 10.4. The Hall–Kier alpha value is -0.0900. The molecule has 8 heteroatoms. The van der Waals surface area contributed by atoms with E-state index in [1.807, 2.05) is 6.92 Å². The van der Waals surface area contributed by atoms with E-state index in [9.17, 15) is 8.42 Å². The minimum atomic E-state index is -3.07. The zero-order chi connectivity index (χ0) is 12.4. The van der Waals surface area contributed by atoms with E-state index in [0.29, 0.717) is 32.0 Å². The number of hydrogen-bond acceptors (Lipinski definition) is 3. The second-order valence-corrected chi connectivity index (χ2v) is 5.44. The second kappa shape index (κ2) is 11.0. The van der Waals surface area contributed by atoms with Crippen LogP contribution in [0.3, 0.4) is 0 Å². The molecule has 0 fully saturated rings. The van der Waals surface area contributed by atoms with Crippen molar-refractivity contribution in [1.82, 2.24) is 10.0 Å². The first kappa shape index (κ1) is 19.3. The first-order chi connectivity index (χ1) is 7.52. The molecule has 0 radical (unpaired) electrons. The van der Waals surface area contributed by atoms with E-state index >= 15 is 0 Å². The van der Waals surface area contributed by atoms with E-state index < -0.39 is 10.0 Å². The largest absolute Gasteiger partial charge is 0.370 e. The van der Waals surface area contributed by atoms with Crippen LogP contribution in [0.1, 0.15) is 26.7 Å². The van der Waals surface area contributed by atoms with E-state index in [-0.39, 0.29) is 29.7 Å². The van der Waals surface area contributed by atoms with Crippen LogP contribution in [-0.4, -0.2) is 39.8 Å². The zero-order valence-electron chi connectivity index (χ0n) is 10.4. The van der Waals surface area contributed by atoms with Gasteiger partial charge in [0.2, 0.25) is 10.0 Å². The Bertz CT molecular complexity index is 306. The summed E-state index contributed by atoms with van der Waals surface area (Å²) in [7, 11) is -3.07. The summed E-state index contributed by atoms with van der Waals surface area (Å²) >= 11 is 0. The average Bonchev–Trinajstić information content (AvgIpc) is 2.25. The van der Waals surface area contributed by atoms with Crippen LogP contribution in [-0.2, 0) is 10.0 Å². The lowest BCUT2D eigenvalue weighted by molar-refractivity contribution is 0.579. The van der Waals surface area contributed by atoms with Crippen molar-refractivity contribution in [3.63, 3.8) is 0 Å². The minimum Gasteiger partial charge on any atom is -0.370 e. The molecule has 0 unspecified atom stereocenters. The molecular weight excluding hydrogens is 355 g/mol. The summed E-state index contributed by atoms with van der Waals surface area (Å²) in [6.07, 6.45) is 1.64. The van der Waals surface area contributed by atoms with Crippen LogP contribution in [0.25, 0.3) is 0 Å². The lowest BCUT2D eigenvalue weighted by Gasteiger charge is -2.06. The predicted octanol–water partition coefficient (Wildman–Crippen LogP) is 0.248. The molecular formula is C9H23IN4O2S. The summed E-state index contributed by atoms with van der Waals surface area (Å²) < 4.78 is 24.6. The van der Waals surface area contributed by atoms with Gasteiger partial charge in [-0.3, -0.25) is 4.99 Å². The zero-order valence-corrected chi connectivity index (χ0v) is 13.5. The number of guanidine groups is 1. The number of hydrogen-bond donors (Lipinski definition) is 3. The van der Waals surface area contributed by atoms with Crippen molar-refractivity contribution < 1.29 is 8.42 Å². The molecule has 17 heavy (non-hydrogen) atoms. The van der Waals surface area contributed by atoms with Gasteiger partial charge in [0.25, 0.3) is 0 Å². The molecule has 6 nitrogen and oxygen atoms in total. The van der Waals surface area contributed by atoms with Crippen LogP contribution in [0.5, 0.6) is 0 Å². The lowest BCUT2D eigenvalue weighted by Crippen LogP contribution is -2.34. The summed E-state index contributed by atoms with van der Waals surface area (Å²) in [6.45, 7) is 5.38. The molecule has 0 aliphatic heterocycles. The molecule has 104 valence electrons.